The molecule has 0 saturated carbocycles. The normalized spacial score (nSPS) is 23.4. The van der Waals surface area contributed by atoms with Crippen molar-refractivity contribution in [2.75, 3.05) is 33.2 Å². The largest absolute Gasteiger partial charge is 0.404 e. The van der Waals surface area contributed by atoms with Gasteiger partial charge in [0, 0.05) is 6.07 Å². The number of hydrogen-bond donors (Lipinski definition) is 2. The van der Waals surface area contributed by atoms with Gasteiger partial charge in [-0.15, -0.1) is 0 Å². The quantitative estimate of drug-likeness (QED) is 0.667. The molecular formula is C14H22N4O2+2. The number of nitrogens with zero attached hydrogens (tertiary/aromatic N) is 2. The monoisotopic (exact) mass is 278 g/mol. The highest BCUT2D eigenvalue weighted by molar-refractivity contribution is 5.79. The highest BCUT2D eigenvalue weighted by atomic mass is 16.4. The van der Waals surface area contributed by atoms with E-state index in [-0.39, 0.29) is 5.63 Å². The van der Waals surface area contributed by atoms with E-state index in [1.165, 1.54) is 24.1 Å². The van der Waals surface area contributed by atoms with E-state index in [0.717, 1.165) is 36.4 Å². The fourth-order valence-corrected chi connectivity index (χ4v) is 3.00. The summed E-state index contributed by atoms with van der Waals surface area (Å²) in [5.74, 6) is 0. The molecule has 0 unspecified atom stereocenters. The van der Waals surface area contributed by atoms with Crippen LogP contribution in [-0.4, -0.2) is 43.0 Å². The van der Waals surface area contributed by atoms with Crippen LogP contribution in [0, 0.1) is 13.8 Å². The fraction of sp³-hybridized carbons (Fsp3) is 0.571. The zero-order chi connectivity index (χ0) is 14.3. The molecule has 1 aliphatic heterocycles. The number of nitrogens with one attached hydrogen (secondary N) is 2. The molecule has 0 aromatic carbocycles. The molecule has 0 bridgehead atoms. The van der Waals surface area contributed by atoms with Crippen LogP contribution < -0.4 is 15.4 Å². The van der Waals surface area contributed by atoms with Crippen molar-refractivity contribution in [3.63, 3.8) is 0 Å². The lowest BCUT2D eigenvalue weighted by Gasteiger charge is -2.26. The van der Waals surface area contributed by atoms with E-state index in [1.54, 1.807) is 4.90 Å². The lowest BCUT2D eigenvalue weighted by atomic mass is 10.2. The van der Waals surface area contributed by atoms with Crippen molar-refractivity contribution >= 4 is 11.1 Å². The fourth-order valence-electron chi connectivity index (χ4n) is 3.00. The number of likely N-dealkylation sites (N-methyl/N-ethyl adjacent to an activating group) is 1. The van der Waals surface area contributed by atoms with Crippen LogP contribution in [0.1, 0.15) is 11.3 Å². The minimum Gasteiger partial charge on any atom is -0.404 e. The first-order chi connectivity index (χ1) is 9.54. The molecular weight excluding hydrogens is 256 g/mol. The Morgan fingerprint density at radius 3 is 2.70 bits per heavy atom. The maximum absolute atomic E-state index is 11.6. The van der Waals surface area contributed by atoms with Crippen molar-refractivity contribution < 1.29 is 14.2 Å². The Labute approximate surface area is 117 Å². The Morgan fingerprint density at radius 1 is 1.30 bits per heavy atom. The van der Waals surface area contributed by atoms with E-state index in [4.69, 9.17) is 4.42 Å². The lowest BCUT2D eigenvalue weighted by Crippen LogP contribution is -3.26. The van der Waals surface area contributed by atoms with Gasteiger partial charge in [0.1, 0.15) is 26.2 Å². The molecule has 3 heterocycles. The van der Waals surface area contributed by atoms with Crippen molar-refractivity contribution in [2.24, 2.45) is 0 Å². The first-order valence-electron chi connectivity index (χ1n) is 7.17. The van der Waals surface area contributed by atoms with Gasteiger partial charge in [-0.25, -0.2) is 4.79 Å². The molecule has 0 spiro atoms. The average Bonchev–Trinajstić information content (AvgIpc) is 2.69. The van der Waals surface area contributed by atoms with Crippen LogP contribution in [0.5, 0.6) is 0 Å². The average molecular weight is 278 g/mol. The molecule has 20 heavy (non-hydrogen) atoms. The number of hydrogen-bond acceptors (Lipinski definition) is 3. The number of aryl methyl sites for hydroxylation is 2. The van der Waals surface area contributed by atoms with Gasteiger partial charge < -0.3 is 14.2 Å². The number of quaternary nitrogens is 2. The van der Waals surface area contributed by atoms with Gasteiger partial charge in [0.15, 0.2) is 6.67 Å². The molecule has 0 amide bonds. The second kappa shape index (κ2) is 5.03. The van der Waals surface area contributed by atoms with Gasteiger partial charge in [-0.1, -0.05) is 0 Å². The van der Waals surface area contributed by atoms with E-state index in [9.17, 15) is 4.79 Å². The predicted molar refractivity (Wildman–Crippen MR) is 75.1 cm³/mol. The van der Waals surface area contributed by atoms with Gasteiger partial charge in [-0.3, -0.25) is 0 Å². The van der Waals surface area contributed by atoms with E-state index in [2.05, 4.69) is 12.1 Å². The highest BCUT2D eigenvalue weighted by Crippen LogP contribution is 2.19. The molecule has 3 rings (SSSR count). The van der Waals surface area contributed by atoms with Crippen LogP contribution in [-0.2, 0) is 6.67 Å². The maximum Gasteiger partial charge on any atom is 0.337 e. The van der Waals surface area contributed by atoms with Gasteiger partial charge in [0.2, 0.25) is 5.71 Å². The zero-order valence-corrected chi connectivity index (χ0v) is 12.3. The van der Waals surface area contributed by atoms with Gasteiger partial charge in [-0.2, -0.15) is 9.78 Å². The summed E-state index contributed by atoms with van der Waals surface area (Å²) in [5, 5.41) is 5.54. The Hall–Kier alpha value is -1.66. The minimum absolute atomic E-state index is 0.297. The molecule has 2 N–H and O–H groups in total. The third-order valence-electron chi connectivity index (χ3n) is 4.19. The molecule has 1 aliphatic rings. The standard InChI is InChI=1S/C14H20N4O2/c1-10-8-12(19)20-14-13(10)11(2)15-18(14)9-17-6-4-16(3)5-7-17/h8H,4-7,9H2,1-3H3/p+2. The van der Waals surface area contributed by atoms with E-state index in [1.807, 2.05) is 18.5 Å². The SMILES string of the molecule is Cc1cc(=O)oc2c1c(C)nn2C[NH+]1CC[NH+](C)CC1. The molecule has 0 radical (unpaired) electrons. The summed E-state index contributed by atoms with van der Waals surface area (Å²) in [6.07, 6.45) is 0. The molecule has 1 fully saturated rings. The van der Waals surface area contributed by atoms with Crippen LogP contribution in [0.15, 0.2) is 15.3 Å². The van der Waals surface area contributed by atoms with Crippen molar-refractivity contribution in [3.05, 3.63) is 27.7 Å². The number of rotatable bonds is 2. The lowest BCUT2D eigenvalue weighted by molar-refractivity contribution is -1.01. The van der Waals surface area contributed by atoms with Gasteiger partial charge >= 0.3 is 5.63 Å². The Bertz CT molecular complexity index is 680. The summed E-state index contributed by atoms with van der Waals surface area (Å²) in [6, 6.07) is 1.54. The topological polar surface area (TPSA) is 56.9 Å². The Kier molecular flexibility index (Phi) is 3.35. The molecule has 2 aromatic rings. The van der Waals surface area contributed by atoms with Gasteiger partial charge in [0.25, 0.3) is 0 Å². The second-order valence-corrected chi connectivity index (χ2v) is 5.88. The van der Waals surface area contributed by atoms with E-state index in [0.29, 0.717) is 5.71 Å². The van der Waals surface area contributed by atoms with Gasteiger partial charge in [0.05, 0.1) is 18.1 Å². The second-order valence-electron chi connectivity index (χ2n) is 5.88. The maximum atomic E-state index is 11.6. The van der Waals surface area contributed by atoms with Crippen LogP contribution in [0.25, 0.3) is 11.1 Å². The van der Waals surface area contributed by atoms with Crippen molar-refractivity contribution in [2.45, 2.75) is 20.5 Å². The Morgan fingerprint density at radius 2 is 2.00 bits per heavy atom. The van der Waals surface area contributed by atoms with Crippen molar-refractivity contribution in [1.29, 1.82) is 0 Å². The number of piperazine rings is 1. The first kappa shape index (κ1) is 13.3. The smallest absolute Gasteiger partial charge is 0.337 e. The van der Waals surface area contributed by atoms with Crippen LogP contribution in [0.4, 0.5) is 0 Å². The summed E-state index contributed by atoms with van der Waals surface area (Å²) in [7, 11) is 2.23. The predicted octanol–water partition coefficient (Wildman–Crippen LogP) is -2.02. The number of fused-ring (bicyclic) bond motifs is 1. The summed E-state index contributed by atoms with van der Waals surface area (Å²) < 4.78 is 7.24. The third kappa shape index (κ3) is 2.36. The van der Waals surface area contributed by atoms with Crippen LogP contribution >= 0.6 is 0 Å². The van der Waals surface area contributed by atoms with Crippen molar-refractivity contribution in [3.8, 4) is 0 Å². The summed E-state index contributed by atoms with van der Waals surface area (Å²) in [5.41, 5.74) is 2.19. The summed E-state index contributed by atoms with van der Waals surface area (Å²) in [4.78, 5) is 14.7. The van der Waals surface area contributed by atoms with Crippen molar-refractivity contribution in [1.82, 2.24) is 9.78 Å². The molecule has 1 saturated heterocycles. The molecule has 108 valence electrons. The van der Waals surface area contributed by atoms with Crippen LogP contribution in [0.3, 0.4) is 0 Å². The van der Waals surface area contributed by atoms with Crippen LogP contribution in [0.2, 0.25) is 0 Å². The Balaban J connectivity index is 1.94. The third-order valence-corrected chi connectivity index (χ3v) is 4.19. The molecule has 0 atom stereocenters. The number of aromatic nitrogens is 2. The first-order valence-corrected chi connectivity index (χ1v) is 7.17. The van der Waals surface area contributed by atoms with E-state index >= 15 is 0 Å². The highest BCUT2D eigenvalue weighted by Gasteiger charge is 2.22. The summed E-state index contributed by atoms with van der Waals surface area (Å²) in [6.45, 7) is 9.28. The van der Waals surface area contributed by atoms with E-state index < -0.39 is 0 Å². The molecule has 6 nitrogen and oxygen atoms in total. The summed E-state index contributed by atoms with van der Waals surface area (Å²) >= 11 is 0. The molecule has 0 aliphatic carbocycles. The zero-order valence-electron chi connectivity index (χ0n) is 12.3. The van der Waals surface area contributed by atoms with Gasteiger partial charge in [-0.05, 0) is 19.4 Å². The molecule has 6 heteroatoms. The molecule has 2 aromatic heterocycles. The minimum atomic E-state index is -0.297.